The summed E-state index contributed by atoms with van der Waals surface area (Å²) in [6.45, 7) is 1.75. The lowest BCUT2D eigenvalue weighted by Gasteiger charge is -1.96. The van der Waals surface area contributed by atoms with Crippen molar-refractivity contribution in [1.29, 1.82) is 0 Å². The van der Waals surface area contributed by atoms with E-state index in [0.717, 1.165) is 12.1 Å². The number of aromatic nitrogens is 2. The summed E-state index contributed by atoms with van der Waals surface area (Å²) in [5, 5.41) is 12.8. The van der Waals surface area contributed by atoms with Gasteiger partial charge in [-0.2, -0.15) is 5.10 Å². The molecule has 0 aliphatic heterocycles. The van der Waals surface area contributed by atoms with E-state index in [2.05, 4.69) is 5.10 Å². The number of carboxylic acids is 1. The molecule has 0 unspecified atom stereocenters. The van der Waals surface area contributed by atoms with Gasteiger partial charge >= 0.3 is 5.97 Å². The summed E-state index contributed by atoms with van der Waals surface area (Å²) < 4.78 is 1.27. The second-order valence-corrected chi connectivity index (χ2v) is 2.75. The number of aliphatic carboxylic acids is 1. The van der Waals surface area contributed by atoms with Crippen LogP contribution in [0.5, 0.6) is 0 Å². The van der Waals surface area contributed by atoms with Gasteiger partial charge in [-0.05, 0) is 12.5 Å². The van der Waals surface area contributed by atoms with Crippen LogP contribution in [0.15, 0.2) is 6.07 Å². The lowest BCUT2D eigenvalue weighted by molar-refractivity contribution is -0.137. The third-order valence-electron chi connectivity index (χ3n) is 1.43. The van der Waals surface area contributed by atoms with Crippen LogP contribution in [-0.2, 0) is 17.8 Å². The quantitative estimate of drug-likeness (QED) is 0.775. The summed E-state index contributed by atoms with van der Waals surface area (Å²) in [5.41, 5.74) is 0.807. The highest BCUT2D eigenvalue weighted by molar-refractivity contribution is 6.29. The van der Waals surface area contributed by atoms with Crippen LogP contribution in [0.25, 0.3) is 0 Å². The highest BCUT2D eigenvalue weighted by atomic mass is 35.5. The van der Waals surface area contributed by atoms with Crippen LogP contribution in [0.2, 0.25) is 5.15 Å². The Labute approximate surface area is 74.8 Å². The van der Waals surface area contributed by atoms with Crippen molar-refractivity contribution >= 4 is 17.6 Å². The smallest absolute Gasteiger partial charge is 0.325 e. The predicted octanol–water partition coefficient (Wildman–Crippen LogP) is 1.18. The summed E-state index contributed by atoms with van der Waals surface area (Å²) >= 11 is 5.70. The molecule has 0 bridgehead atoms. The van der Waals surface area contributed by atoms with Crippen LogP contribution >= 0.6 is 11.6 Å². The number of carboxylic acid groups (broad SMARTS) is 1. The lowest BCUT2D eigenvalue weighted by atomic mass is 10.3. The SMILES string of the molecule is CCc1cc(Cl)n(CC(=O)O)n1. The first kappa shape index (κ1) is 9.06. The van der Waals surface area contributed by atoms with Gasteiger partial charge in [-0.3, -0.25) is 4.79 Å². The molecule has 0 aromatic carbocycles. The number of hydrogen-bond donors (Lipinski definition) is 1. The van der Waals surface area contributed by atoms with Crippen LogP contribution in [0.1, 0.15) is 12.6 Å². The largest absolute Gasteiger partial charge is 0.480 e. The fraction of sp³-hybridized carbons (Fsp3) is 0.429. The molecule has 0 saturated carbocycles. The molecular formula is C7H9ClN2O2. The number of rotatable bonds is 3. The van der Waals surface area contributed by atoms with E-state index in [1.807, 2.05) is 6.92 Å². The van der Waals surface area contributed by atoms with E-state index in [1.165, 1.54) is 4.68 Å². The van der Waals surface area contributed by atoms with Crippen LogP contribution in [0, 0.1) is 0 Å². The van der Waals surface area contributed by atoms with E-state index >= 15 is 0 Å². The van der Waals surface area contributed by atoms with E-state index < -0.39 is 5.97 Å². The van der Waals surface area contributed by atoms with Crippen molar-refractivity contribution in [1.82, 2.24) is 9.78 Å². The Kier molecular flexibility index (Phi) is 2.70. The summed E-state index contributed by atoms with van der Waals surface area (Å²) in [6.07, 6.45) is 0.756. The van der Waals surface area contributed by atoms with Gasteiger partial charge in [0, 0.05) is 0 Å². The molecule has 0 radical (unpaired) electrons. The molecule has 66 valence electrons. The lowest BCUT2D eigenvalue weighted by Crippen LogP contribution is -2.10. The van der Waals surface area contributed by atoms with Gasteiger partial charge in [0.15, 0.2) is 0 Å². The summed E-state index contributed by atoms with van der Waals surface area (Å²) in [5.74, 6) is -0.942. The molecule has 1 aromatic heterocycles. The second-order valence-electron chi connectivity index (χ2n) is 2.36. The molecule has 0 aliphatic carbocycles. The maximum absolute atomic E-state index is 10.3. The fourth-order valence-electron chi connectivity index (χ4n) is 0.855. The van der Waals surface area contributed by atoms with Crippen molar-refractivity contribution in [2.24, 2.45) is 0 Å². The first-order valence-electron chi connectivity index (χ1n) is 3.57. The Morgan fingerprint density at radius 1 is 1.83 bits per heavy atom. The average molecular weight is 189 g/mol. The van der Waals surface area contributed by atoms with Gasteiger partial charge < -0.3 is 5.11 Å². The van der Waals surface area contributed by atoms with Gasteiger partial charge in [0.1, 0.15) is 11.7 Å². The van der Waals surface area contributed by atoms with Crippen LogP contribution in [0.4, 0.5) is 0 Å². The normalized spacial score (nSPS) is 10.2. The zero-order chi connectivity index (χ0) is 9.14. The number of halogens is 1. The van der Waals surface area contributed by atoms with Crippen molar-refractivity contribution in [3.63, 3.8) is 0 Å². The van der Waals surface area contributed by atoms with Gasteiger partial charge in [-0.15, -0.1) is 0 Å². The summed E-state index contributed by atoms with van der Waals surface area (Å²) in [7, 11) is 0. The van der Waals surface area contributed by atoms with Crippen molar-refractivity contribution in [3.05, 3.63) is 16.9 Å². The number of aryl methyl sites for hydroxylation is 1. The zero-order valence-corrected chi connectivity index (χ0v) is 7.38. The number of carbonyl (C=O) groups is 1. The molecule has 0 aliphatic rings. The molecule has 0 fully saturated rings. The second kappa shape index (κ2) is 3.58. The van der Waals surface area contributed by atoms with Gasteiger partial charge in [-0.25, -0.2) is 4.68 Å². The molecule has 1 N–H and O–H groups in total. The number of hydrogen-bond acceptors (Lipinski definition) is 2. The van der Waals surface area contributed by atoms with Crippen LogP contribution < -0.4 is 0 Å². The molecule has 12 heavy (non-hydrogen) atoms. The fourth-order valence-corrected chi connectivity index (χ4v) is 1.08. The summed E-state index contributed by atoms with van der Waals surface area (Å²) in [4.78, 5) is 10.3. The molecule has 0 atom stereocenters. The molecule has 1 heterocycles. The molecule has 1 aromatic rings. The van der Waals surface area contributed by atoms with Crippen molar-refractivity contribution < 1.29 is 9.90 Å². The van der Waals surface area contributed by atoms with E-state index in [9.17, 15) is 4.79 Å². The van der Waals surface area contributed by atoms with Gasteiger partial charge in [0.2, 0.25) is 0 Å². The minimum Gasteiger partial charge on any atom is -0.480 e. The Morgan fingerprint density at radius 2 is 2.50 bits per heavy atom. The molecule has 0 amide bonds. The minimum atomic E-state index is -0.942. The molecular weight excluding hydrogens is 180 g/mol. The summed E-state index contributed by atoms with van der Waals surface area (Å²) in [6, 6.07) is 1.67. The third-order valence-corrected chi connectivity index (χ3v) is 1.73. The number of nitrogens with zero attached hydrogens (tertiary/aromatic N) is 2. The van der Waals surface area contributed by atoms with Crippen LogP contribution in [0.3, 0.4) is 0 Å². The third kappa shape index (κ3) is 1.98. The van der Waals surface area contributed by atoms with Gasteiger partial charge in [-0.1, -0.05) is 18.5 Å². The van der Waals surface area contributed by atoms with Crippen molar-refractivity contribution in [2.75, 3.05) is 0 Å². The average Bonchev–Trinajstić information content (AvgIpc) is 2.31. The monoisotopic (exact) mass is 188 g/mol. The van der Waals surface area contributed by atoms with Gasteiger partial charge in [0.05, 0.1) is 5.69 Å². The Morgan fingerprint density at radius 3 is 2.92 bits per heavy atom. The molecule has 5 heteroatoms. The molecule has 4 nitrogen and oxygen atoms in total. The van der Waals surface area contributed by atoms with Crippen LogP contribution in [-0.4, -0.2) is 20.9 Å². The Balaban J connectivity index is 2.84. The first-order chi connectivity index (χ1) is 5.63. The van der Waals surface area contributed by atoms with Crippen molar-refractivity contribution in [2.45, 2.75) is 19.9 Å². The zero-order valence-electron chi connectivity index (χ0n) is 6.62. The maximum atomic E-state index is 10.3. The maximum Gasteiger partial charge on any atom is 0.325 e. The van der Waals surface area contributed by atoms with E-state index in [1.54, 1.807) is 6.07 Å². The highest BCUT2D eigenvalue weighted by Gasteiger charge is 2.06. The highest BCUT2D eigenvalue weighted by Crippen LogP contribution is 2.10. The predicted molar refractivity (Wildman–Crippen MR) is 44.3 cm³/mol. The van der Waals surface area contributed by atoms with E-state index in [0.29, 0.717) is 5.15 Å². The first-order valence-corrected chi connectivity index (χ1v) is 3.95. The van der Waals surface area contributed by atoms with Crippen molar-refractivity contribution in [3.8, 4) is 0 Å². The Bertz CT molecular complexity index is 296. The molecule has 1 rings (SSSR count). The molecule has 0 saturated heterocycles. The van der Waals surface area contributed by atoms with E-state index in [-0.39, 0.29) is 6.54 Å². The van der Waals surface area contributed by atoms with Gasteiger partial charge in [0.25, 0.3) is 0 Å². The topological polar surface area (TPSA) is 55.1 Å². The molecule has 0 spiro atoms. The standard InChI is InChI=1S/C7H9ClN2O2/c1-2-5-3-6(8)10(9-5)4-7(11)12/h3H,2,4H2,1H3,(H,11,12). The van der Waals surface area contributed by atoms with E-state index in [4.69, 9.17) is 16.7 Å². The Hall–Kier alpha value is -1.03. The minimum absolute atomic E-state index is 0.182.